The summed E-state index contributed by atoms with van der Waals surface area (Å²) in [7, 11) is 1.69. The van der Waals surface area contributed by atoms with E-state index >= 15 is 0 Å². The SMILES string of the molecule is CO[C@]12CC[C@@H](O)[C@H](/C=C/[C@@H](O)COc3ccccc3)[C@H]1CC21OCCO1. The minimum Gasteiger partial charge on any atom is -0.491 e. The lowest BCUT2D eigenvalue weighted by Crippen LogP contribution is -2.74. The summed E-state index contributed by atoms with van der Waals surface area (Å²) in [6, 6.07) is 9.39. The molecule has 6 heteroatoms. The summed E-state index contributed by atoms with van der Waals surface area (Å²) in [6.45, 7) is 1.33. The van der Waals surface area contributed by atoms with Crippen molar-refractivity contribution in [2.75, 3.05) is 26.9 Å². The Morgan fingerprint density at radius 1 is 1.26 bits per heavy atom. The zero-order valence-electron chi connectivity index (χ0n) is 15.6. The van der Waals surface area contributed by atoms with Crippen LogP contribution in [0.25, 0.3) is 0 Å². The number of hydrogen-bond acceptors (Lipinski definition) is 6. The molecule has 2 saturated carbocycles. The Hall–Kier alpha value is -1.44. The molecule has 3 fully saturated rings. The van der Waals surface area contributed by atoms with Gasteiger partial charge in [0.15, 0.2) is 5.79 Å². The predicted molar refractivity (Wildman–Crippen MR) is 98.3 cm³/mol. The van der Waals surface area contributed by atoms with Gasteiger partial charge in [0.25, 0.3) is 0 Å². The molecule has 1 aromatic carbocycles. The van der Waals surface area contributed by atoms with Gasteiger partial charge in [-0.05, 0) is 25.0 Å². The van der Waals surface area contributed by atoms with E-state index in [1.807, 2.05) is 36.4 Å². The zero-order valence-corrected chi connectivity index (χ0v) is 15.6. The molecular formula is C21H28O6. The molecule has 6 nitrogen and oxygen atoms in total. The van der Waals surface area contributed by atoms with Gasteiger partial charge in [-0.25, -0.2) is 0 Å². The van der Waals surface area contributed by atoms with Gasteiger partial charge in [-0.3, -0.25) is 0 Å². The van der Waals surface area contributed by atoms with E-state index < -0.39 is 23.6 Å². The summed E-state index contributed by atoms with van der Waals surface area (Å²) in [5.74, 6) is 0.0390. The third-order valence-electron chi connectivity index (χ3n) is 6.29. The molecule has 0 radical (unpaired) electrons. The number of aliphatic hydroxyl groups is 2. The molecule has 27 heavy (non-hydrogen) atoms. The number of aliphatic hydroxyl groups excluding tert-OH is 2. The molecule has 0 amide bonds. The Balaban J connectivity index is 1.41. The van der Waals surface area contributed by atoms with Crippen LogP contribution in [-0.4, -0.2) is 60.7 Å². The van der Waals surface area contributed by atoms with Gasteiger partial charge in [-0.2, -0.15) is 0 Å². The van der Waals surface area contributed by atoms with Crippen LogP contribution in [0, 0.1) is 11.8 Å². The highest BCUT2D eigenvalue weighted by Gasteiger charge is 2.73. The van der Waals surface area contributed by atoms with Crippen molar-refractivity contribution in [3.8, 4) is 5.75 Å². The second-order valence-corrected chi connectivity index (χ2v) is 7.61. The fourth-order valence-corrected chi connectivity index (χ4v) is 4.92. The van der Waals surface area contributed by atoms with E-state index in [0.717, 1.165) is 5.75 Å². The highest BCUT2D eigenvalue weighted by molar-refractivity contribution is 5.22. The molecule has 4 rings (SSSR count). The highest BCUT2D eigenvalue weighted by Crippen LogP contribution is 2.62. The van der Waals surface area contributed by atoms with Crippen molar-refractivity contribution in [2.45, 2.75) is 42.9 Å². The molecule has 2 aliphatic carbocycles. The molecular weight excluding hydrogens is 348 g/mol. The first-order valence-corrected chi connectivity index (χ1v) is 9.66. The van der Waals surface area contributed by atoms with E-state index in [9.17, 15) is 10.2 Å². The summed E-state index contributed by atoms with van der Waals surface area (Å²) >= 11 is 0. The monoisotopic (exact) mass is 376 g/mol. The summed E-state index contributed by atoms with van der Waals surface area (Å²) in [4.78, 5) is 0. The average Bonchev–Trinajstić information content (AvgIpc) is 3.19. The van der Waals surface area contributed by atoms with Gasteiger partial charge in [-0.1, -0.05) is 30.4 Å². The predicted octanol–water partition coefficient (Wildman–Crippen LogP) is 1.90. The number of fused-ring (bicyclic) bond motifs is 2. The van der Waals surface area contributed by atoms with E-state index in [1.54, 1.807) is 13.2 Å². The van der Waals surface area contributed by atoms with Crippen LogP contribution in [0.4, 0.5) is 0 Å². The molecule has 1 heterocycles. The molecule has 1 spiro atoms. The van der Waals surface area contributed by atoms with Gasteiger partial charge in [0.05, 0.1) is 19.3 Å². The van der Waals surface area contributed by atoms with Gasteiger partial charge in [0, 0.05) is 25.4 Å². The van der Waals surface area contributed by atoms with Crippen LogP contribution in [-0.2, 0) is 14.2 Å². The number of methoxy groups -OCH3 is 1. The maximum Gasteiger partial charge on any atom is 0.198 e. The molecule has 148 valence electrons. The van der Waals surface area contributed by atoms with Crippen molar-refractivity contribution in [1.82, 2.24) is 0 Å². The summed E-state index contributed by atoms with van der Waals surface area (Å²) in [6.07, 6.45) is 4.43. The Morgan fingerprint density at radius 2 is 2.00 bits per heavy atom. The average molecular weight is 376 g/mol. The Bertz CT molecular complexity index is 656. The van der Waals surface area contributed by atoms with E-state index in [0.29, 0.717) is 32.5 Å². The van der Waals surface area contributed by atoms with Crippen LogP contribution in [0.15, 0.2) is 42.5 Å². The summed E-state index contributed by atoms with van der Waals surface area (Å²) in [5.41, 5.74) is -0.525. The fourth-order valence-electron chi connectivity index (χ4n) is 4.92. The van der Waals surface area contributed by atoms with Crippen molar-refractivity contribution in [3.63, 3.8) is 0 Å². The fraction of sp³-hybridized carbons (Fsp3) is 0.619. The maximum atomic E-state index is 10.6. The van der Waals surface area contributed by atoms with Crippen LogP contribution < -0.4 is 4.74 Å². The van der Waals surface area contributed by atoms with E-state index in [-0.39, 0.29) is 18.4 Å². The second kappa shape index (κ2) is 7.53. The van der Waals surface area contributed by atoms with Crippen molar-refractivity contribution >= 4 is 0 Å². The Morgan fingerprint density at radius 3 is 2.70 bits per heavy atom. The minimum absolute atomic E-state index is 0.0999. The van der Waals surface area contributed by atoms with E-state index in [2.05, 4.69) is 0 Å². The molecule has 1 saturated heterocycles. The largest absolute Gasteiger partial charge is 0.491 e. The summed E-state index contributed by atoms with van der Waals surface area (Å²) in [5, 5.41) is 20.8. The van der Waals surface area contributed by atoms with E-state index in [1.165, 1.54) is 0 Å². The molecule has 0 bridgehead atoms. The molecule has 3 aliphatic rings. The van der Waals surface area contributed by atoms with Crippen molar-refractivity contribution < 1.29 is 29.2 Å². The normalized spacial score (nSPS) is 35.7. The molecule has 2 N–H and O–H groups in total. The first-order chi connectivity index (χ1) is 13.1. The lowest BCUT2D eigenvalue weighted by atomic mass is 9.52. The molecule has 5 atom stereocenters. The standard InChI is InChI=1S/C21H28O6/c1-24-20-10-9-19(23)17(18(20)13-21(20)26-11-12-27-21)8-7-15(22)14-25-16-5-3-2-4-6-16/h2-8,15,17-19,22-23H,9-14H2,1H3/b8-7+/t15-,17-,18-,19-,20-/m1/s1. The number of hydrogen-bond donors (Lipinski definition) is 2. The van der Waals surface area contributed by atoms with Crippen LogP contribution in [0.3, 0.4) is 0 Å². The van der Waals surface area contributed by atoms with Gasteiger partial charge in [0.2, 0.25) is 0 Å². The smallest absolute Gasteiger partial charge is 0.198 e. The first-order valence-electron chi connectivity index (χ1n) is 9.66. The maximum absolute atomic E-state index is 10.6. The van der Waals surface area contributed by atoms with Crippen LogP contribution >= 0.6 is 0 Å². The molecule has 1 aliphatic heterocycles. The van der Waals surface area contributed by atoms with Gasteiger partial charge in [-0.15, -0.1) is 0 Å². The summed E-state index contributed by atoms with van der Waals surface area (Å²) < 4.78 is 23.3. The van der Waals surface area contributed by atoms with Crippen molar-refractivity contribution in [3.05, 3.63) is 42.5 Å². The van der Waals surface area contributed by atoms with Crippen molar-refractivity contribution in [2.24, 2.45) is 11.8 Å². The van der Waals surface area contributed by atoms with Crippen LogP contribution in [0.5, 0.6) is 5.75 Å². The molecule has 0 unspecified atom stereocenters. The third-order valence-corrected chi connectivity index (χ3v) is 6.29. The molecule has 1 aromatic rings. The highest BCUT2D eigenvalue weighted by atomic mass is 16.8. The van der Waals surface area contributed by atoms with Gasteiger partial charge < -0.3 is 29.2 Å². The number of rotatable bonds is 6. The lowest BCUT2D eigenvalue weighted by Gasteiger charge is -2.64. The third kappa shape index (κ3) is 3.19. The quantitative estimate of drug-likeness (QED) is 0.739. The van der Waals surface area contributed by atoms with Crippen LogP contribution in [0.2, 0.25) is 0 Å². The Labute approximate surface area is 159 Å². The number of benzene rings is 1. The topological polar surface area (TPSA) is 77.4 Å². The van der Waals surface area contributed by atoms with Gasteiger partial charge >= 0.3 is 0 Å². The van der Waals surface area contributed by atoms with Gasteiger partial charge in [0.1, 0.15) is 24.1 Å². The minimum atomic E-state index is -0.746. The van der Waals surface area contributed by atoms with Crippen LogP contribution in [0.1, 0.15) is 19.3 Å². The van der Waals surface area contributed by atoms with E-state index in [4.69, 9.17) is 18.9 Å². The Kier molecular flexibility index (Phi) is 5.27. The first kappa shape index (κ1) is 18.9. The van der Waals surface area contributed by atoms with Crippen molar-refractivity contribution in [1.29, 1.82) is 0 Å². The zero-order chi connectivity index (χ0) is 18.9. The number of para-hydroxylation sites is 1. The lowest BCUT2D eigenvalue weighted by molar-refractivity contribution is -0.382. The second-order valence-electron chi connectivity index (χ2n) is 7.61. The molecule has 0 aromatic heterocycles. The number of ether oxygens (including phenoxy) is 4.